The van der Waals surface area contributed by atoms with Gasteiger partial charge in [-0.25, -0.2) is 0 Å². The summed E-state index contributed by atoms with van der Waals surface area (Å²) in [6, 6.07) is 3.49. The van der Waals surface area contributed by atoms with Gasteiger partial charge in [0, 0.05) is 12.1 Å². The van der Waals surface area contributed by atoms with E-state index in [0.717, 1.165) is 5.56 Å². The van der Waals surface area contributed by atoms with E-state index in [9.17, 15) is 5.21 Å². The van der Waals surface area contributed by atoms with Crippen LogP contribution in [0.3, 0.4) is 0 Å². The van der Waals surface area contributed by atoms with Gasteiger partial charge in [-0.3, -0.25) is 0 Å². The van der Waals surface area contributed by atoms with E-state index in [-0.39, 0.29) is 10.6 Å². The van der Waals surface area contributed by atoms with Crippen LogP contribution in [0.4, 0.5) is 0 Å². The van der Waals surface area contributed by atoms with Crippen molar-refractivity contribution < 1.29 is 4.73 Å². The fourth-order valence-electron chi connectivity index (χ4n) is 0.926. The fraction of sp³-hybridized carbons (Fsp3) is 0.444. The van der Waals surface area contributed by atoms with Gasteiger partial charge in [0.15, 0.2) is 6.20 Å². The number of hydrogen-bond acceptors (Lipinski definition) is 1. The Morgan fingerprint density at radius 1 is 1.42 bits per heavy atom. The minimum absolute atomic E-state index is 0.0396. The van der Waals surface area contributed by atoms with Crippen LogP contribution in [-0.4, -0.2) is 0 Å². The van der Waals surface area contributed by atoms with Crippen LogP contribution >= 0.6 is 11.6 Å². The van der Waals surface area contributed by atoms with Crippen LogP contribution in [0.1, 0.15) is 26.3 Å². The highest BCUT2D eigenvalue weighted by Crippen LogP contribution is 2.22. The molecule has 12 heavy (non-hydrogen) atoms. The van der Waals surface area contributed by atoms with Gasteiger partial charge in [0.1, 0.15) is 0 Å². The zero-order chi connectivity index (χ0) is 9.35. The molecule has 0 spiro atoms. The van der Waals surface area contributed by atoms with E-state index < -0.39 is 0 Å². The van der Waals surface area contributed by atoms with Gasteiger partial charge in [-0.15, -0.1) is 0 Å². The minimum atomic E-state index is 0.0396. The summed E-state index contributed by atoms with van der Waals surface area (Å²) in [7, 11) is 0. The average molecular weight is 186 g/mol. The summed E-state index contributed by atoms with van der Waals surface area (Å²) in [5.74, 6) is 0. The summed E-state index contributed by atoms with van der Waals surface area (Å²) < 4.78 is 0.650. The van der Waals surface area contributed by atoms with Crippen LogP contribution in [0.15, 0.2) is 18.3 Å². The topological polar surface area (TPSA) is 26.9 Å². The molecule has 0 aliphatic carbocycles. The van der Waals surface area contributed by atoms with Crippen LogP contribution in [0.2, 0.25) is 5.15 Å². The Morgan fingerprint density at radius 3 is 2.42 bits per heavy atom. The molecule has 0 radical (unpaired) electrons. The Kier molecular flexibility index (Phi) is 2.29. The Morgan fingerprint density at radius 2 is 2.00 bits per heavy atom. The SMILES string of the molecule is CC(C)(C)c1cc[n+]([O-])c(Cl)c1. The van der Waals surface area contributed by atoms with Crippen molar-refractivity contribution in [2.75, 3.05) is 0 Å². The van der Waals surface area contributed by atoms with Crippen molar-refractivity contribution in [2.24, 2.45) is 0 Å². The maximum Gasteiger partial charge on any atom is 0.286 e. The Labute approximate surface area is 77.4 Å². The largest absolute Gasteiger partial charge is 0.618 e. The lowest BCUT2D eigenvalue weighted by molar-refractivity contribution is -0.603. The number of aromatic nitrogens is 1. The summed E-state index contributed by atoms with van der Waals surface area (Å²) in [5, 5.41) is 11.1. The molecule has 1 aromatic heterocycles. The second kappa shape index (κ2) is 2.94. The molecule has 66 valence electrons. The third-order valence-electron chi connectivity index (χ3n) is 1.74. The molecular formula is C9H12ClNO. The van der Waals surface area contributed by atoms with E-state index in [2.05, 4.69) is 20.8 Å². The maximum absolute atomic E-state index is 10.9. The van der Waals surface area contributed by atoms with Gasteiger partial charge in [-0.2, -0.15) is 4.73 Å². The van der Waals surface area contributed by atoms with E-state index in [1.54, 1.807) is 12.1 Å². The first-order valence-electron chi connectivity index (χ1n) is 3.80. The smallest absolute Gasteiger partial charge is 0.286 e. The van der Waals surface area contributed by atoms with E-state index in [0.29, 0.717) is 4.73 Å². The number of rotatable bonds is 0. The summed E-state index contributed by atoms with van der Waals surface area (Å²) in [5.41, 5.74) is 1.11. The molecule has 1 heterocycles. The zero-order valence-corrected chi connectivity index (χ0v) is 8.22. The third-order valence-corrected chi connectivity index (χ3v) is 2.02. The molecule has 3 heteroatoms. The Bertz CT molecular complexity index is 291. The van der Waals surface area contributed by atoms with Gasteiger partial charge in [-0.05, 0) is 22.6 Å². The van der Waals surface area contributed by atoms with E-state index in [1.165, 1.54) is 6.20 Å². The molecule has 1 aromatic rings. The van der Waals surface area contributed by atoms with Crippen molar-refractivity contribution in [2.45, 2.75) is 26.2 Å². The molecule has 0 fully saturated rings. The Balaban J connectivity index is 3.14. The van der Waals surface area contributed by atoms with Gasteiger partial charge < -0.3 is 5.21 Å². The van der Waals surface area contributed by atoms with Crippen LogP contribution < -0.4 is 4.73 Å². The van der Waals surface area contributed by atoms with Gasteiger partial charge in [0.25, 0.3) is 5.15 Å². The molecule has 0 saturated heterocycles. The maximum atomic E-state index is 10.9. The number of halogens is 1. The number of nitrogens with zero attached hydrogens (tertiary/aromatic N) is 1. The van der Waals surface area contributed by atoms with Gasteiger partial charge in [0.2, 0.25) is 0 Å². The van der Waals surface area contributed by atoms with Gasteiger partial charge in [-0.1, -0.05) is 20.8 Å². The monoisotopic (exact) mass is 185 g/mol. The molecule has 0 saturated carbocycles. The second-order valence-corrected chi connectivity index (χ2v) is 4.20. The first kappa shape index (κ1) is 9.33. The fourth-order valence-corrected chi connectivity index (χ4v) is 1.10. The van der Waals surface area contributed by atoms with Gasteiger partial charge in [0.05, 0.1) is 0 Å². The quantitative estimate of drug-likeness (QED) is 0.346. The zero-order valence-electron chi connectivity index (χ0n) is 7.47. The summed E-state index contributed by atoms with van der Waals surface area (Å²) in [4.78, 5) is 0. The first-order chi connectivity index (χ1) is 5.41. The number of pyridine rings is 1. The van der Waals surface area contributed by atoms with Gasteiger partial charge >= 0.3 is 0 Å². The molecule has 2 nitrogen and oxygen atoms in total. The normalized spacial score (nSPS) is 11.7. The lowest BCUT2D eigenvalue weighted by atomic mass is 9.88. The van der Waals surface area contributed by atoms with Crippen molar-refractivity contribution in [3.05, 3.63) is 34.3 Å². The molecule has 0 aromatic carbocycles. The van der Waals surface area contributed by atoms with Crippen LogP contribution in [-0.2, 0) is 5.41 Å². The molecule has 0 atom stereocenters. The van der Waals surface area contributed by atoms with Crippen molar-refractivity contribution in [3.8, 4) is 0 Å². The lowest BCUT2D eigenvalue weighted by Gasteiger charge is -2.18. The van der Waals surface area contributed by atoms with Crippen molar-refractivity contribution >= 4 is 11.6 Å². The minimum Gasteiger partial charge on any atom is -0.618 e. The summed E-state index contributed by atoms with van der Waals surface area (Å²) >= 11 is 5.67. The summed E-state index contributed by atoms with van der Waals surface area (Å²) in [6.45, 7) is 6.23. The standard InChI is InChI=1S/C9H12ClNO/c1-9(2,3)7-4-5-11(12)8(10)6-7/h4-6H,1-3H3. The third kappa shape index (κ3) is 1.89. The Hall–Kier alpha value is -0.760. The van der Waals surface area contributed by atoms with Crippen molar-refractivity contribution in [1.29, 1.82) is 0 Å². The predicted octanol–water partition coefficient (Wildman–Crippen LogP) is 2.27. The van der Waals surface area contributed by atoms with E-state index in [1.807, 2.05) is 0 Å². The second-order valence-electron chi connectivity index (χ2n) is 3.81. The van der Waals surface area contributed by atoms with Crippen LogP contribution in [0.25, 0.3) is 0 Å². The molecule has 0 aliphatic rings. The molecule has 0 N–H and O–H groups in total. The van der Waals surface area contributed by atoms with Crippen LogP contribution in [0.5, 0.6) is 0 Å². The first-order valence-corrected chi connectivity index (χ1v) is 4.18. The average Bonchev–Trinajstić information content (AvgIpc) is 1.92. The molecule has 0 amide bonds. The highest BCUT2D eigenvalue weighted by molar-refractivity contribution is 6.28. The summed E-state index contributed by atoms with van der Waals surface area (Å²) in [6.07, 6.45) is 1.43. The van der Waals surface area contributed by atoms with Crippen LogP contribution in [0, 0.1) is 5.21 Å². The molecule has 0 aliphatic heterocycles. The van der Waals surface area contributed by atoms with Crippen molar-refractivity contribution in [3.63, 3.8) is 0 Å². The molecule has 0 unspecified atom stereocenters. The van der Waals surface area contributed by atoms with Crippen molar-refractivity contribution in [1.82, 2.24) is 0 Å². The molecular weight excluding hydrogens is 174 g/mol. The number of hydrogen-bond donors (Lipinski definition) is 0. The molecule has 0 bridgehead atoms. The van der Waals surface area contributed by atoms with E-state index in [4.69, 9.17) is 11.6 Å². The highest BCUT2D eigenvalue weighted by atomic mass is 35.5. The molecule has 1 rings (SSSR count). The lowest BCUT2D eigenvalue weighted by Crippen LogP contribution is -2.28. The predicted molar refractivity (Wildman–Crippen MR) is 49.1 cm³/mol. The van der Waals surface area contributed by atoms with E-state index >= 15 is 0 Å². The highest BCUT2D eigenvalue weighted by Gasteiger charge is 2.16.